The highest BCUT2D eigenvalue weighted by Crippen LogP contribution is 2.29. The fourth-order valence-corrected chi connectivity index (χ4v) is 6.75. The molecule has 2 aliphatic rings. The van der Waals surface area contributed by atoms with Crippen molar-refractivity contribution in [1.29, 1.82) is 0 Å². The number of piperazine rings is 1. The second kappa shape index (κ2) is 16.3. The van der Waals surface area contributed by atoms with Crippen LogP contribution in [0.1, 0.15) is 90.6 Å². The van der Waals surface area contributed by atoms with Crippen LogP contribution in [0.5, 0.6) is 0 Å². The summed E-state index contributed by atoms with van der Waals surface area (Å²) in [5.41, 5.74) is 1.62. The maximum absolute atomic E-state index is 14.2. The van der Waals surface area contributed by atoms with Gasteiger partial charge in [0.25, 0.3) is 11.8 Å². The van der Waals surface area contributed by atoms with E-state index in [1.807, 2.05) is 13.8 Å². The van der Waals surface area contributed by atoms with E-state index in [9.17, 15) is 28.3 Å². The number of aliphatic hydroxyl groups excluding tert-OH is 1. The van der Waals surface area contributed by atoms with Crippen LogP contribution in [0.3, 0.4) is 0 Å². The van der Waals surface area contributed by atoms with Crippen LogP contribution in [0.15, 0.2) is 36.4 Å². The summed E-state index contributed by atoms with van der Waals surface area (Å²) in [5.74, 6) is -1.91. The molecule has 246 valence electrons. The van der Waals surface area contributed by atoms with Crippen LogP contribution in [0.4, 0.5) is 8.78 Å². The van der Waals surface area contributed by atoms with Gasteiger partial charge in [0, 0.05) is 56.3 Å². The average molecular weight is 627 g/mol. The van der Waals surface area contributed by atoms with Crippen LogP contribution >= 0.6 is 0 Å². The average Bonchev–Trinajstić information content (AvgIpc) is 3.52. The molecule has 10 heteroatoms. The summed E-state index contributed by atoms with van der Waals surface area (Å²) in [6.07, 6.45) is 4.99. The molecule has 3 atom stereocenters. The number of amides is 3. The predicted molar refractivity (Wildman–Crippen MR) is 170 cm³/mol. The fourth-order valence-electron chi connectivity index (χ4n) is 6.75. The number of rotatable bonds is 13. The second-order valence-electron chi connectivity index (χ2n) is 12.6. The normalized spacial score (nSPS) is 18.4. The maximum atomic E-state index is 14.2. The third kappa shape index (κ3) is 9.33. The van der Waals surface area contributed by atoms with E-state index in [4.69, 9.17) is 0 Å². The van der Waals surface area contributed by atoms with Gasteiger partial charge in [0.15, 0.2) is 0 Å². The van der Waals surface area contributed by atoms with Crippen molar-refractivity contribution < 1.29 is 28.3 Å². The maximum Gasteiger partial charge on any atom is 0.253 e. The molecular formula is C35H48F2N4O4. The molecule has 2 aromatic rings. The zero-order chi connectivity index (χ0) is 32.5. The molecule has 45 heavy (non-hydrogen) atoms. The minimum Gasteiger partial charge on any atom is -0.389 e. The van der Waals surface area contributed by atoms with Crippen LogP contribution in [0, 0.1) is 24.5 Å². The van der Waals surface area contributed by atoms with Crippen molar-refractivity contribution in [1.82, 2.24) is 20.4 Å². The summed E-state index contributed by atoms with van der Waals surface area (Å²) in [5, 5.41) is 17.9. The van der Waals surface area contributed by atoms with Crippen molar-refractivity contribution >= 4 is 17.7 Å². The highest BCUT2D eigenvalue weighted by atomic mass is 19.1. The molecule has 4 rings (SSSR count). The Balaban J connectivity index is 1.61. The summed E-state index contributed by atoms with van der Waals surface area (Å²) in [6, 6.07) is 6.46. The first-order chi connectivity index (χ1) is 21.6. The van der Waals surface area contributed by atoms with Gasteiger partial charge >= 0.3 is 0 Å². The highest BCUT2D eigenvalue weighted by molar-refractivity contribution is 6.00. The zero-order valence-electron chi connectivity index (χ0n) is 26.8. The molecular weight excluding hydrogens is 578 g/mol. The second-order valence-corrected chi connectivity index (χ2v) is 12.6. The molecule has 2 fully saturated rings. The van der Waals surface area contributed by atoms with Crippen molar-refractivity contribution in [2.45, 2.75) is 90.3 Å². The summed E-state index contributed by atoms with van der Waals surface area (Å²) >= 11 is 0. The molecule has 0 bridgehead atoms. The van der Waals surface area contributed by atoms with Gasteiger partial charge in [-0.25, -0.2) is 8.78 Å². The van der Waals surface area contributed by atoms with Crippen molar-refractivity contribution in [3.63, 3.8) is 0 Å². The van der Waals surface area contributed by atoms with Crippen LogP contribution in [-0.2, 0) is 11.2 Å². The molecule has 1 saturated carbocycles. The highest BCUT2D eigenvalue weighted by Gasteiger charge is 2.38. The zero-order valence-corrected chi connectivity index (χ0v) is 26.8. The van der Waals surface area contributed by atoms with Crippen molar-refractivity contribution in [2.24, 2.45) is 5.92 Å². The topological polar surface area (TPSA) is 102 Å². The minimum absolute atomic E-state index is 0.0279. The van der Waals surface area contributed by atoms with E-state index in [2.05, 4.69) is 10.6 Å². The fraction of sp³-hybridized carbons (Fsp3) is 0.571. The molecule has 1 aliphatic heterocycles. The van der Waals surface area contributed by atoms with Gasteiger partial charge in [0.1, 0.15) is 11.6 Å². The Labute approximate surface area is 265 Å². The van der Waals surface area contributed by atoms with E-state index < -0.39 is 35.7 Å². The molecule has 3 N–H and O–H groups in total. The van der Waals surface area contributed by atoms with Crippen molar-refractivity contribution in [3.05, 3.63) is 70.3 Å². The minimum atomic E-state index is -1.24. The molecule has 0 unspecified atom stereocenters. The van der Waals surface area contributed by atoms with E-state index in [0.29, 0.717) is 50.6 Å². The lowest BCUT2D eigenvalue weighted by molar-refractivity contribution is -0.138. The molecule has 1 saturated heterocycles. The third-order valence-corrected chi connectivity index (χ3v) is 8.90. The Morgan fingerprint density at radius 2 is 1.64 bits per heavy atom. The van der Waals surface area contributed by atoms with E-state index in [1.54, 1.807) is 34.9 Å². The number of nitrogens with one attached hydrogen (secondary N) is 2. The largest absolute Gasteiger partial charge is 0.389 e. The monoisotopic (exact) mass is 626 g/mol. The number of aliphatic hydroxyl groups is 1. The molecule has 0 spiro atoms. The van der Waals surface area contributed by atoms with Gasteiger partial charge in [0.2, 0.25) is 5.91 Å². The molecule has 0 radical (unpaired) electrons. The van der Waals surface area contributed by atoms with Gasteiger partial charge in [-0.1, -0.05) is 26.7 Å². The van der Waals surface area contributed by atoms with E-state index in [1.165, 1.54) is 12.1 Å². The van der Waals surface area contributed by atoms with Crippen LogP contribution in [-0.4, -0.2) is 83.5 Å². The Bertz CT molecular complexity index is 1310. The number of carbonyl (C=O) groups is 3. The third-order valence-electron chi connectivity index (χ3n) is 8.90. The SMILES string of the molecule is CCCN(CCC)C(=O)c1cc(C)cc(C(=O)N[C@@H](Cc2cc(F)cc(F)c2)[C@H](O)[C@H]2CNCCN2C(=O)CC2CCCC2)c1. The van der Waals surface area contributed by atoms with E-state index >= 15 is 0 Å². The summed E-state index contributed by atoms with van der Waals surface area (Å²) in [4.78, 5) is 44.0. The van der Waals surface area contributed by atoms with Gasteiger partial charge in [-0.3, -0.25) is 14.4 Å². The number of aryl methyl sites for hydroxylation is 1. The Morgan fingerprint density at radius 1 is 1.00 bits per heavy atom. The standard InChI is InChI=1S/C35H48F2N4O4/c1-4-11-40(12-5-2)35(45)27-15-23(3)14-26(20-27)34(44)39-30(18-25-16-28(36)21-29(37)17-25)33(43)31-22-38-10-13-41(31)32(42)19-24-8-6-7-9-24/h14-17,20-21,24,30-31,33,38,43H,4-13,18-19,22H2,1-3H3,(H,39,44)/t30-,31+,33-/m0/s1. The number of nitrogens with zero attached hydrogens (tertiary/aromatic N) is 2. The van der Waals surface area contributed by atoms with Crippen LogP contribution < -0.4 is 10.6 Å². The molecule has 1 aliphatic carbocycles. The van der Waals surface area contributed by atoms with E-state index in [0.717, 1.165) is 50.2 Å². The quantitative estimate of drug-likeness (QED) is 0.301. The van der Waals surface area contributed by atoms with Crippen molar-refractivity contribution in [2.75, 3.05) is 32.7 Å². The molecule has 2 aromatic carbocycles. The first-order valence-corrected chi connectivity index (χ1v) is 16.4. The molecule has 1 heterocycles. The lowest BCUT2D eigenvalue weighted by Crippen LogP contribution is -2.63. The molecule has 0 aromatic heterocycles. The molecule has 3 amide bonds. The van der Waals surface area contributed by atoms with Crippen LogP contribution in [0.25, 0.3) is 0 Å². The predicted octanol–water partition coefficient (Wildman–Crippen LogP) is 4.62. The number of carbonyl (C=O) groups excluding carboxylic acids is 3. The smallest absolute Gasteiger partial charge is 0.253 e. The Hall–Kier alpha value is -3.37. The molecule has 8 nitrogen and oxygen atoms in total. The van der Waals surface area contributed by atoms with Gasteiger partial charge in [0.05, 0.1) is 18.2 Å². The summed E-state index contributed by atoms with van der Waals surface area (Å²) in [6.45, 7) is 8.34. The first-order valence-electron chi connectivity index (χ1n) is 16.4. The van der Waals surface area contributed by atoms with Gasteiger partial charge < -0.3 is 25.5 Å². The number of benzene rings is 2. The van der Waals surface area contributed by atoms with E-state index in [-0.39, 0.29) is 29.4 Å². The van der Waals surface area contributed by atoms with Gasteiger partial charge in [-0.15, -0.1) is 0 Å². The number of hydrogen-bond acceptors (Lipinski definition) is 5. The van der Waals surface area contributed by atoms with Crippen LogP contribution in [0.2, 0.25) is 0 Å². The number of hydrogen-bond donors (Lipinski definition) is 3. The number of halogens is 2. The van der Waals surface area contributed by atoms with Crippen molar-refractivity contribution in [3.8, 4) is 0 Å². The van der Waals surface area contributed by atoms with Gasteiger partial charge in [-0.05, 0) is 86.4 Å². The Morgan fingerprint density at radius 3 is 2.29 bits per heavy atom. The Kier molecular flexibility index (Phi) is 12.5. The lowest BCUT2D eigenvalue weighted by atomic mass is 9.92. The summed E-state index contributed by atoms with van der Waals surface area (Å²) in [7, 11) is 0. The van der Waals surface area contributed by atoms with Gasteiger partial charge in [-0.2, -0.15) is 0 Å². The lowest BCUT2D eigenvalue weighted by Gasteiger charge is -2.42. The summed E-state index contributed by atoms with van der Waals surface area (Å²) < 4.78 is 28.3. The first kappa shape index (κ1) is 34.5.